The number of benzene rings is 2. The average Bonchev–Trinajstić information content (AvgIpc) is 2.58. The minimum atomic E-state index is -4.57. The van der Waals surface area contributed by atoms with Crippen molar-refractivity contribution in [1.29, 1.82) is 0 Å². The third kappa shape index (κ3) is 5.41. The van der Waals surface area contributed by atoms with Gasteiger partial charge in [0.25, 0.3) is 0 Å². The van der Waals surface area contributed by atoms with E-state index in [1.807, 2.05) is 0 Å². The summed E-state index contributed by atoms with van der Waals surface area (Å²) >= 11 is 20.7. The molecule has 0 fully saturated rings. The summed E-state index contributed by atoms with van der Waals surface area (Å²) in [7, 11) is 1.24. The Hall–Kier alpha value is -1.21. The van der Waals surface area contributed by atoms with Crippen molar-refractivity contribution in [2.75, 3.05) is 7.11 Å². The topological polar surface area (TPSA) is 26.3 Å². The summed E-state index contributed by atoms with van der Waals surface area (Å²) in [6.45, 7) is 0. The Balaban J connectivity index is 2.40. The Morgan fingerprint density at radius 2 is 1.74 bits per heavy atom. The predicted octanol–water partition coefficient (Wildman–Crippen LogP) is 7.56. The molecule has 0 aliphatic rings. The number of hydrogen-bond donors (Lipinski definition) is 0. The predicted molar refractivity (Wildman–Crippen MR) is 105 cm³/mol. The van der Waals surface area contributed by atoms with E-state index in [1.54, 1.807) is 0 Å². The Morgan fingerprint density at radius 3 is 2.22 bits per heavy atom. The molecule has 2 aromatic carbocycles. The number of carbonyl (C=O) groups excluding carboxylic acids is 1. The Bertz CT molecular complexity index is 875. The molecule has 1 atom stereocenters. The van der Waals surface area contributed by atoms with Crippen molar-refractivity contribution in [3.8, 4) is 0 Å². The molecule has 2 aromatic rings. The Morgan fingerprint density at radius 1 is 1.15 bits per heavy atom. The normalized spacial score (nSPS) is 13.0. The van der Waals surface area contributed by atoms with E-state index in [-0.39, 0.29) is 26.2 Å². The van der Waals surface area contributed by atoms with Crippen molar-refractivity contribution >= 4 is 62.8 Å². The number of carbonyl (C=O) groups is 1. The van der Waals surface area contributed by atoms with Crippen molar-refractivity contribution in [3.05, 3.63) is 72.6 Å². The minimum Gasteiger partial charge on any atom is -0.465 e. The maximum atomic E-state index is 13.5. The van der Waals surface area contributed by atoms with E-state index in [1.165, 1.54) is 31.4 Å². The summed E-state index contributed by atoms with van der Waals surface area (Å²) in [6.07, 6.45) is -2.30. The van der Waals surface area contributed by atoms with Gasteiger partial charge in [-0.2, -0.15) is 13.2 Å². The van der Waals surface area contributed by atoms with Crippen LogP contribution in [0.2, 0.25) is 15.1 Å². The molecule has 0 N–H and O–H groups in total. The lowest BCUT2D eigenvalue weighted by atomic mass is 9.97. The summed E-state index contributed by atoms with van der Waals surface area (Å²) in [5, 5.41) is -0.131. The maximum Gasteiger partial charge on any atom is 0.399 e. The highest BCUT2D eigenvalue weighted by atomic mass is 79.9. The molecule has 0 heterocycles. The van der Waals surface area contributed by atoms with Gasteiger partial charge in [-0.3, -0.25) is 0 Å². The first-order chi connectivity index (χ1) is 12.5. The zero-order valence-electron chi connectivity index (χ0n) is 13.6. The summed E-state index contributed by atoms with van der Waals surface area (Å²) in [4.78, 5) is 11.6. The van der Waals surface area contributed by atoms with Crippen LogP contribution in [0.1, 0.15) is 27.4 Å². The monoisotopic (exact) mass is 500 g/mol. The van der Waals surface area contributed by atoms with Gasteiger partial charge in [0.15, 0.2) is 0 Å². The van der Waals surface area contributed by atoms with Gasteiger partial charge in [-0.15, -0.1) is 0 Å². The van der Waals surface area contributed by atoms with Crippen molar-refractivity contribution in [2.45, 2.75) is 12.1 Å². The highest BCUT2D eigenvalue weighted by Crippen LogP contribution is 2.41. The zero-order valence-corrected chi connectivity index (χ0v) is 17.4. The fourth-order valence-corrected chi connectivity index (χ4v) is 3.45. The van der Waals surface area contributed by atoms with Gasteiger partial charge in [0.05, 0.1) is 33.7 Å². The van der Waals surface area contributed by atoms with E-state index < -0.39 is 18.1 Å². The van der Waals surface area contributed by atoms with Gasteiger partial charge < -0.3 is 4.74 Å². The first-order valence-electron chi connectivity index (χ1n) is 7.31. The summed E-state index contributed by atoms with van der Waals surface area (Å²) in [5.41, 5.74) is 0.580. The SMILES string of the molecule is COC(=O)c1ccc(/C=C\C(c2cc(Cl)c(Cl)c(Cl)c2)C(F)(F)F)cc1Br. The lowest BCUT2D eigenvalue weighted by Gasteiger charge is -2.18. The van der Waals surface area contributed by atoms with Gasteiger partial charge in [-0.1, -0.05) is 53.0 Å². The van der Waals surface area contributed by atoms with E-state index in [2.05, 4.69) is 20.7 Å². The molecule has 144 valence electrons. The van der Waals surface area contributed by atoms with Crippen molar-refractivity contribution < 1.29 is 22.7 Å². The van der Waals surface area contributed by atoms with Crippen LogP contribution >= 0.6 is 50.7 Å². The third-order valence-corrected chi connectivity index (χ3v) is 5.45. The second-order valence-electron chi connectivity index (χ2n) is 5.41. The number of rotatable bonds is 4. The second kappa shape index (κ2) is 8.86. The molecule has 0 aliphatic heterocycles. The van der Waals surface area contributed by atoms with Gasteiger partial charge >= 0.3 is 12.1 Å². The van der Waals surface area contributed by atoms with Crippen LogP contribution in [0.4, 0.5) is 13.2 Å². The molecular formula is C18H11BrCl3F3O2. The fourth-order valence-electron chi connectivity index (χ4n) is 2.28. The summed E-state index contributed by atoms with van der Waals surface area (Å²) in [6, 6.07) is 6.73. The van der Waals surface area contributed by atoms with Crippen LogP contribution in [0.5, 0.6) is 0 Å². The number of methoxy groups -OCH3 is 1. The van der Waals surface area contributed by atoms with Gasteiger partial charge in [0.1, 0.15) is 0 Å². The average molecular weight is 503 g/mol. The van der Waals surface area contributed by atoms with Crippen molar-refractivity contribution in [2.24, 2.45) is 0 Å². The standard InChI is InChI=1S/C18H11BrCl3F3O2/c1-27-17(26)11-4-2-9(6-13(11)19)3-5-12(18(23,24)25)10-7-14(20)16(22)15(21)8-10/h2-8,12H,1H3/b5-3-. The van der Waals surface area contributed by atoms with Crippen LogP contribution in [0.3, 0.4) is 0 Å². The maximum absolute atomic E-state index is 13.5. The van der Waals surface area contributed by atoms with Crippen LogP contribution in [0.25, 0.3) is 6.08 Å². The number of allylic oxidation sites excluding steroid dienone is 1. The number of esters is 1. The number of hydrogen-bond acceptors (Lipinski definition) is 2. The quantitative estimate of drug-likeness (QED) is 0.319. The van der Waals surface area contributed by atoms with Gasteiger partial charge in [0, 0.05) is 4.47 Å². The highest BCUT2D eigenvalue weighted by Gasteiger charge is 2.39. The van der Waals surface area contributed by atoms with Crippen molar-refractivity contribution in [3.63, 3.8) is 0 Å². The molecule has 0 bridgehead atoms. The van der Waals surface area contributed by atoms with Gasteiger partial charge in [0.2, 0.25) is 0 Å². The number of halogens is 7. The van der Waals surface area contributed by atoms with E-state index in [9.17, 15) is 18.0 Å². The highest BCUT2D eigenvalue weighted by molar-refractivity contribution is 9.10. The second-order valence-corrected chi connectivity index (χ2v) is 7.45. The lowest BCUT2D eigenvalue weighted by molar-refractivity contribution is -0.139. The van der Waals surface area contributed by atoms with Crippen LogP contribution in [-0.2, 0) is 4.74 Å². The molecule has 0 aliphatic carbocycles. The molecule has 9 heteroatoms. The van der Waals surface area contributed by atoms with Gasteiger partial charge in [-0.25, -0.2) is 4.79 Å². The van der Waals surface area contributed by atoms with E-state index in [0.717, 1.165) is 18.2 Å². The molecule has 0 saturated carbocycles. The first-order valence-corrected chi connectivity index (χ1v) is 9.24. The Labute approximate surface area is 177 Å². The summed E-state index contributed by atoms with van der Waals surface area (Å²) in [5.74, 6) is -2.50. The molecule has 1 unspecified atom stereocenters. The van der Waals surface area contributed by atoms with Gasteiger partial charge in [-0.05, 0) is 51.3 Å². The third-order valence-electron chi connectivity index (χ3n) is 3.60. The molecule has 0 amide bonds. The molecule has 2 rings (SSSR count). The van der Waals surface area contributed by atoms with Crippen LogP contribution < -0.4 is 0 Å². The molecule has 27 heavy (non-hydrogen) atoms. The van der Waals surface area contributed by atoms with E-state index >= 15 is 0 Å². The minimum absolute atomic E-state index is 0.00526. The first kappa shape index (κ1) is 22.1. The molecule has 0 saturated heterocycles. The zero-order chi connectivity index (χ0) is 20.4. The molecular weight excluding hydrogens is 491 g/mol. The van der Waals surface area contributed by atoms with Crippen LogP contribution in [0, 0.1) is 0 Å². The number of ether oxygens (including phenoxy) is 1. The van der Waals surface area contributed by atoms with Crippen LogP contribution in [0.15, 0.2) is 40.9 Å². The largest absolute Gasteiger partial charge is 0.465 e. The van der Waals surface area contributed by atoms with Crippen LogP contribution in [-0.4, -0.2) is 19.3 Å². The van der Waals surface area contributed by atoms with Crippen molar-refractivity contribution in [1.82, 2.24) is 0 Å². The molecule has 0 spiro atoms. The number of alkyl halides is 3. The fraction of sp³-hybridized carbons (Fsp3) is 0.167. The summed E-state index contributed by atoms with van der Waals surface area (Å²) < 4.78 is 45.6. The lowest BCUT2D eigenvalue weighted by Crippen LogP contribution is -2.19. The van der Waals surface area contributed by atoms with E-state index in [0.29, 0.717) is 10.0 Å². The molecule has 0 aromatic heterocycles. The Kier molecular flexibility index (Phi) is 7.25. The molecule has 0 radical (unpaired) electrons. The molecule has 2 nitrogen and oxygen atoms in total. The van der Waals surface area contributed by atoms with E-state index in [4.69, 9.17) is 34.8 Å². The smallest absolute Gasteiger partial charge is 0.399 e.